The quantitative estimate of drug-likeness (QED) is 0.271. The fourth-order valence-corrected chi connectivity index (χ4v) is 1.69. The topological polar surface area (TPSA) is 54.0 Å². The summed E-state index contributed by atoms with van der Waals surface area (Å²) >= 11 is 0. The molecule has 82 valence electrons. The van der Waals surface area contributed by atoms with Crippen LogP contribution in [0.3, 0.4) is 0 Å². The summed E-state index contributed by atoms with van der Waals surface area (Å²) in [6.07, 6.45) is 4.93. The SMILES string of the molecule is C#CCOCOP(=O)(OCC)OCC. The molecule has 0 heterocycles. The molecule has 0 aliphatic rings. The van der Waals surface area contributed by atoms with Crippen molar-refractivity contribution in [3.63, 3.8) is 0 Å². The molecule has 0 spiro atoms. The molecule has 0 rings (SSSR count). The molecule has 0 atom stereocenters. The first kappa shape index (κ1) is 13.6. The molecule has 0 saturated carbocycles. The van der Waals surface area contributed by atoms with E-state index in [0.717, 1.165) is 0 Å². The maximum Gasteiger partial charge on any atom is 0.476 e. The lowest BCUT2D eigenvalue weighted by Crippen LogP contribution is -2.04. The van der Waals surface area contributed by atoms with E-state index in [4.69, 9.17) is 24.7 Å². The van der Waals surface area contributed by atoms with Gasteiger partial charge in [-0.25, -0.2) is 4.57 Å². The molecule has 5 nitrogen and oxygen atoms in total. The number of terminal acetylenes is 1. The molecule has 0 N–H and O–H groups in total. The molecule has 0 aliphatic heterocycles. The van der Waals surface area contributed by atoms with Gasteiger partial charge in [-0.1, -0.05) is 5.92 Å². The van der Waals surface area contributed by atoms with Crippen LogP contribution in [-0.2, 0) is 22.9 Å². The van der Waals surface area contributed by atoms with Gasteiger partial charge >= 0.3 is 7.82 Å². The third kappa shape index (κ3) is 6.14. The predicted octanol–water partition coefficient (Wildman–Crippen LogP) is 1.79. The van der Waals surface area contributed by atoms with Crippen molar-refractivity contribution in [2.75, 3.05) is 26.6 Å². The van der Waals surface area contributed by atoms with E-state index in [-0.39, 0.29) is 26.6 Å². The van der Waals surface area contributed by atoms with Gasteiger partial charge in [0.05, 0.1) is 13.2 Å². The molecule has 14 heavy (non-hydrogen) atoms. The summed E-state index contributed by atoms with van der Waals surface area (Å²) in [7, 11) is -3.45. The maximum absolute atomic E-state index is 11.6. The lowest BCUT2D eigenvalue weighted by atomic mass is 10.8. The smallest absolute Gasteiger partial charge is 0.342 e. The summed E-state index contributed by atoms with van der Waals surface area (Å²) in [5.41, 5.74) is 0. The van der Waals surface area contributed by atoms with Crippen molar-refractivity contribution in [1.29, 1.82) is 0 Å². The molecule has 0 bridgehead atoms. The fourth-order valence-electron chi connectivity index (χ4n) is 0.630. The van der Waals surface area contributed by atoms with Crippen LogP contribution in [0.5, 0.6) is 0 Å². The molecular weight excluding hydrogens is 207 g/mol. The Bertz CT molecular complexity index is 212. The molecule has 6 heteroatoms. The minimum Gasteiger partial charge on any atom is -0.342 e. The highest BCUT2D eigenvalue weighted by Gasteiger charge is 2.24. The molecule has 0 aromatic rings. The van der Waals surface area contributed by atoms with Gasteiger partial charge in [0, 0.05) is 0 Å². The Labute approximate surface area is 84.3 Å². The van der Waals surface area contributed by atoms with Gasteiger partial charge < -0.3 is 4.74 Å². The van der Waals surface area contributed by atoms with E-state index in [1.54, 1.807) is 13.8 Å². The number of hydrogen-bond acceptors (Lipinski definition) is 5. The second kappa shape index (κ2) is 7.98. The van der Waals surface area contributed by atoms with Gasteiger partial charge in [0.2, 0.25) is 0 Å². The van der Waals surface area contributed by atoms with Crippen molar-refractivity contribution < 1.29 is 22.9 Å². The lowest BCUT2D eigenvalue weighted by Gasteiger charge is -2.15. The van der Waals surface area contributed by atoms with E-state index in [2.05, 4.69) is 5.92 Å². The summed E-state index contributed by atoms with van der Waals surface area (Å²) in [5, 5.41) is 0. The molecule has 0 amide bonds. The van der Waals surface area contributed by atoms with Crippen LogP contribution in [-0.4, -0.2) is 26.6 Å². The Morgan fingerprint density at radius 3 is 2.21 bits per heavy atom. The van der Waals surface area contributed by atoms with Gasteiger partial charge in [0.15, 0.2) is 6.79 Å². The minimum absolute atomic E-state index is 0.0955. The summed E-state index contributed by atoms with van der Waals surface area (Å²) in [5.74, 6) is 2.24. The van der Waals surface area contributed by atoms with Gasteiger partial charge in [-0.3, -0.25) is 13.6 Å². The average Bonchev–Trinajstić information content (AvgIpc) is 2.13. The normalized spacial score (nSPS) is 11.2. The van der Waals surface area contributed by atoms with Crippen LogP contribution in [0.4, 0.5) is 0 Å². The van der Waals surface area contributed by atoms with Crippen molar-refractivity contribution in [1.82, 2.24) is 0 Å². The van der Waals surface area contributed by atoms with Gasteiger partial charge in [0.25, 0.3) is 0 Å². The molecule has 0 fully saturated rings. The highest BCUT2D eigenvalue weighted by molar-refractivity contribution is 7.48. The second-order valence-electron chi connectivity index (χ2n) is 2.08. The van der Waals surface area contributed by atoms with Crippen molar-refractivity contribution >= 4 is 7.82 Å². The zero-order valence-corrected chi connectivity index (χ0v) is 9.29. The first-order valence-corrected chi connectivity index (χ1v) is 5.69. The highest BCUT2D eigenvalue weighted by Crippen LogP contribution is 2.48. The monoisotopic (exact) mass is 222 g/mol. The van der Waals surface area contributed by atoms with E-state index in [9.17, 15) is 4.57 Å². The third-order valence-corrected chi connectivity index (χ3v) is 2.62. The zero-order valence-electron chi connectivity index (χ0n) is 8.39. The molecule has 0 radical (unpaired) electrons. The van der Waals surface area contributed by atoms with Crippen LogP contribution in [0.2, 0.25) is 0 Å². The number of hydrogen-bond donors (Lipinski definition) is 0. The standard InChI is InChI=1S/C8H15O5P/c1-4-7-10-8-13-14(9,11-5-2)12-6-3/h1H,5-8H2,2-3H3. The largest absolute Gasteiger partial charge is 0.476 e. The second-order valence-corrected chi connectivity index (χ2v) is 3.75. The van der Waals surface area contributed by atoms with Crippen LogP contribution in [0.1, 0.15) is 13.8 Å². The fraction of sp³-hybridized carbons (Fsp3) is 0.750. The minimum atomic E-state index is -3.45. The van der Waals surface area contributed by atoms with E-state index < -0.39 is 7.82 Å². The van der Waals surface area contributed by atoms with Gasteiger partial charge in [0.1, 0.15) is 6.61 Å². The van der Waals surface area contributed by atoms with E-state index in [0.29, 0.717) is 0 Å². The summed E-state index contributed by atoms with van der Waals surface area (Å²) in [6.45, 7) is 3.76. The number of rotatable bonds is 8. The molecule has 0 aromatic heterocycles. The van der Waals surface area contributed by atoms with Crippen molar-refractivity contribution in [2.24, 2.45) is 0 Å². The van der Waals surface area contributed by atoms with Crippen LogP contribution < -0.4 is 0 Å². The van der Waals surface area contributed by atoms with Gasteiger partial charge in [-0.2, -0.15) is 0 Å². The van der Waals surface area contributed by atoms with Crippen LogP contribution >= 0.6 is 7.82 Å². The molecular formula is C8H15O5P. The Hall–Kier alpha value is -0.370. The summed E-state index contributed by atoms with van der Waals surface area (Å²) in [4.78, 5) is 0. The number of phosphoric acid groups is 1. The molecule has 0 unspecified atom stereocenters. The highest BCUT2D eigenvalue weighted by atomic mass is 31.2. The average molecular weight is 222 g/mol. The number of phosphoric ester groups is 1. The predicted molar refractivity (Wildman–Crippen MR) is 51.6 cm³/mol. The van der Waals surface area contributed by atoms with E-state index in [1.807, 2.05) is 0 Å². The van der Waals surface area contributed by atoms with Crippen molar-refractivity contribution in [2.45, 2.75) is 13.8 Å². The Morgan fingerprint density at radius 2 is 1.79 bits per heavy atom. The first-order valence-electron chi connectivity index (χ1n) is 4.23. The van der Waals surface area contributed by atoms with Gasteiger partial charge in [-0.05, 0) is 13.8 Å². The van der Waals surface area contributed by atoms with Crippen molar-refractivity contribution in [3.8, 4) is 12.3 Å². The first-order chi connectivity index (χ1) is 6.68. The lowest BCUT2D eigenvalue weighted by molar-refractivity contribution is -0.000313. The van der Waals surface area contributed by atoms with Gasteiger partial charge in [-0.15, -0.1) is 6.42 Å². The number of ether oxygens (including phenoxy) is 1. The summed E-state index contributed by atoms with van der Waals surface area (Å²) in [6, 6.07) is 0. The third-order valence-electron chi connectivity index (χ3n) is 1.05. The zero-order chi connectivity index (χ0) is 10.9. The van der Waals surface area contributed by atoms with Crippen LogP contribution in [0.25, 0.3) is 0 Å². The maximum atomic E-state index is 11.6. The van der Waals surface area contributed by atoms with Crippen molar-refractivity contribution in [3.05, 3.63) is 0 Å². The summed E-state index contributed by atoms with van der Waals surface area (Å²) < 4.78 is 30.8. The Balaban J connectivity index is 3.85. The van der Waals surface area contributed by atoms with E-state index >= 15 is 0 Å². The van der Waals surface area contributed by atoms with E-state index in [1.165, 1.54) is 0 Å². The van der Waals surface area contributed by atoms with Crippen LogP contribution in [0, 0.1) is 12.3 Å². The Morgan fingerprint density at radius 1 is 1.21 bits per heavy atom. The molecule has 0 saturated heterocycles. The Kier molecular flexibility index (Phi) is 7.77. The molecule has 0 aliphatic carbocycles. The van der Waals surface area contributed by atoms with Crippen LogP contribution in [0.15, 0.2) is 0 Å². The molecule has 0 aromatic carbocycles.